The molecule has 0 aliphatic carbocycles. The van der Waals surface area contributed by atoms with Crippen LogP contribution in [0, 0.1) is 6.92 Å². The fraction of sp³-hybridized carbons (Fsp3) is 0.333. The number of alkyl halides is 1. The number of nitrogens with zero attached hydrogens (tertiary/aromatic N) is 3. The van der Waals surface area contributed by atoms with Gasteiger partial charge in [0, 0.05) is 0 Å². The van der Waals surface area contributed by atoms with Crippen molar-refractivity contribution in [3.63, 3.8) is 0 Å². The molecule has 1 rings (SSSR count). The van der Waals surface area contributed by atoms with Gasteiger partial charge in [-0.25, -0.2) is 9.97 Å². The number of amides is 1. The van der Waals surface area contributed by atoms with Crippen LogP contribution in [0.15, 0.2) is 6.33 Å². The highest BCUT2D eigenvalue weighted by Crippen LogP contribution is 1.95. The van der Waals surface area contributed by atoms with Crippen LogP contribution in [0.2, 0.25) is 0 Å². The Morgan fingerprint density at radius 1 is 1.67 bits per heavy atom. The number of halogens is 1. The largest absolute Gasteiger partial charge is 0.293 e. The van der Waals surface area contributed by atoms with Gasteiger partial charge >= 0.3 is 0 Å². The van der Waals surface area contributed by atoms with Crippen molar-refractivity contribution in [3.05, 3.63) is 12.2 Å². The second-order valence-electron chi connectivity index (χ2n) is 2.04. The average Bonchev–Trinajstić information content (AvgIpc) is 2.04. The zero-order valence-corrected chi connectivity index (χ0v) is 7.17. The summed E-state index contributed by atoms with van der Waals surface area (Å²) < 4.78 is 0. The van der Waals surface area contributed by atoms with Crippen LogP contribution in [0.3, 0.4) is 0 Å². The zero-order valence-electron chi connectivity index (χ0n) is 6.41. The fourth-order valence-corrected chi connectivity index (χ4v) is 0.663. The van der Waals surface area contributed by atoms with Crippen LogP contribution in [0.1, 0.15) is 5.82 Å². The van der Waals surface area contributed by atoms with Crippen LogP contribution in [0.5, 0.6) is 0 Å². The normalized spacial score (nSPS) is 9.50. The van der Waals surface area contributed by atoms with Gasteiger partial charge in [-0.15, -0.1) is 11.6 Å². The average molecular weight is 187 g/mol. The lowest BCUT2D eigenvalue weighted by atomic mass is 10.6. The van der Waals surface area contributed by atoms with Crippen molar-refractivity contribution < 1.29 is 4.79 Å². The molecule has 0 saturated carbocycles. The summed E-state index contributed by atoms with van der Waals surface area (Å²) in [6.45, 7) is 1.71. The molecule has 64 valence electrons. The summed E-state index contributed by atoms with van der Waals surface area (Å²) in [6, 6.07) is 0. The van der Waals surface area contributed by atoms with Crippen molar-refractivity contribution in [3.8, 4) is 0 Å². The second kappa shape index (κ2) is 3.96. The number of carbonyl (C=O) groups is 1. The standard InChI is InChI=1S/C6H7ClN4O/c1-4-8-3-9-6(10-4)11-5(12)2-7/h3H,2H2,1H3,(H,8,9,10,11,12). The Morgan fingerprint density at radius 3 is 3.00 bits per heavy atom. The molecular weight excluding hydrogens is 180 g/mol. The van der Waals surface area contributed by atoms with E-state index in [4.69, 9.17) is 11.6 Å². The number of hydrogen-bond donors (Lipinski definition) is 1. The van der Waals surface area contributed by atoms with E-state index in [1.165, 1.54) is 6.33 Å². The van der Waals surface area contributed by atoms with Crippen molar-refractivity contribution in [2.45, 2.75) is 6.92 Å². The Morgan fingerprint density at radius 2 is 2.42 bits per heavy atom. The molecule has 0 unspecified atom stereocenters. The van der Waals surface area contributed by atoms with E-state index in [0.717, 1.165) is 0 Å². The molecule has 0 aromatic carbocycles. The lowest BCUT2D eigenvalue weighted by molar-refractivity contribution is -0.114. The van der Waals surface area contributed by atoms with Gasteiger partial charge in [-0.1, -0.05) is 0 Å². The first-order valence-electron chi connectivity index (χ1n) is 3.24. The molecule has 0 aliphatic rings. The van der Waals surface area contributed by atoms with Gasteiger partial charge in [0.05, 0.1) is 0 Å². The molecule has 0 atom stereocenters. The highest BCUT2D eigenvalue weighted by Gasteiger charge is 2.01. The molecule has 1 N–H and O–H groups in total. The highest BCUT2D eigenvalue weighted by atomic mass is 35.5. The third-order valence-electron chi connectivity index (χ3n) is 1.06. The predicted molar refractivity (Wildman–Crippen MR) is 43.9 cm³/mol. The third-order valence-corrected chi connectivity index (χ3v) is 1.31. The van der Waals surface area contributed by atoms with Crippen LogP contribution in [0.25, 0.3) is 0 Å². The maximum Gasteiger partial charge on any atom is 0.241 e. The van der Waals surface area contributed by atoms with Crippen LogP contribution < -0.4 is 5.32 Å². The molecule has 1 amide bonds. The van der Waals surface area contributed by atoms with Crippen molar-refractivity contribution in [1.29, 1.82) is 0 Å². The first kappa shape index (κ1) is 8.86. The molecule has 0 fully saturated rings. The molecule has 1 heterocycles. The minimum absolute atomic E-state index is 0.106. The predicted octanol–water partition coefficient (Wildman–Crippen LogP) is 0.357. The van der Waals surface area contributed by atoms with E-state index in [9.17, 15) is 4.79 Å². The monoisotopic (exact) mass is 186 g/mol. The third kappa shape index (κ3) is 2.43. The van der Waals surface area contributed by atoms with E-state index >= 15 is 0 Å². The van der Waals surface area contributed by atoms with Gasteiger partial charge < -0.3 is 0 Å². The summed E-state index contributed by atoms with van der Waals surface area (Å²) in [5.41, 5.74) is 0. The van der Waals surface area contributed by atoms with Crippen molar-refractivity contribution in [2.24, 2.45) is 0 Å². The van der Waals surface area contributed by atoms with Gasteiger partial charge in [0.2, 0.25) is 11.9 Å². The number of anilines is 1. The smallest absolute Gasteiger partial charge is 0.241 e. The molecule has 0 saturated heterocycles. The van der Waals surface area contributed by atoms with Gasteiger partial charge in [-0.05, 0) is 6.92 Å². The Hall–Kier alpha value is -1.23. The van der Waals surface area contributed by atoms with E-state index < -0.39 is 0 Å². The minimum Gasteiger partial charge on any atom is -0.293 e. The fourth-order valence-electron chi connectivity index (χ4n) is 0.596. The Labute approximate surface area is 74.2 Å². The van der Waals surface area contributed by atoms with E-state index in [1.807, 2.05) is 0 Å². The van der Waals surface area contributed by atoms with E-state index in [1.54, 1.807) is 6.92 Å². The van der Waals surface area contributed by atoms with E-state index in [2.05, 4.69) is 20.3 Å². The van der Waals surface area contributed by atoms with Crippen molar-refractivity contribution in [2.75, 3.05) is 11.2 Å². The maximum absolute atomic E-state index is 10.7. The summed E-state index contributed by atoms with van der Waals surface area (Å²) in [5.74, 6) is 0.343. The molecule has 12 heavy (non-hydrogen) atoms. The van der Waals surface area contributed by atoms with E-state index in [-0.39, 0.29) is 17.7 Å². The zero-order chi connectivity index (χ0) is 8.97. The topological polar surface area (TPSA) is 67.8 Å². The Balaban J connectivity index is 2.69. The molecule has 5 nitrogen and oxygen atoms in total. The summed E-state index contributed by atoms with van der Waals surface area (Å²) in [5, 5.41) is 2.40. The van der Waals surface area contributed by atoms with Crippen molar-refractivity contribution in [1.82, 2.24) is 15.0 Å². The lowest BCUT2D eigenvalue weighted by Gasteiger charge is -1.99. The molecule has 0 radical (unpaired) electrons. The number of aromatic nitrogens is 3. The molecule has 6 heteroatoms. The number of hydrogen-bond acceptors (Lipinski definition) is 4. The minimum atomic E-state index is -0.331. The van der Waals surface area contributed by atoms with Crippen LogP contribution >= 0.6 is 11.6 Å². The van der Waals surface area contributed by atoms with Crippen molar-refractivity contribution >= 4 is 23.5 Å². The molecule has 1 aromatic heterocycles. The highest BCUT2D eigenvalue weighted by molar-refractivity contribution is 6.28. The first-order chi connectivity index (χ1) is 5.72. The Bertz CT molecular complexity index is 291. The maximum atomic E-state index is 10.7. The number of aryl methyl sites for hydroxylation is 1. The van der Waals surface area contributed by atoms with E-state index in [0.29, 0.717) is 5.82 Å². The Kier molecular flexibility index (Phi) is 2.93. The summed E-state index contributed by atoms with van der Waals surface area (Å²) in [7, 11) is 0. The van der Waals surface area contributed by atoms with Gasteiger partial charge in [0.25, 0.3) is 0 Å². The summed E-state index contributed by atoms with van der Waals surface area (Å²) in [6.07, 6.45) is 1.33. The second-order valence-corrected chi connectivity index (χ2v) is 2.31. The number of carbonyl (C=O) groups excluding carboxylic acids is 1. The van der Waals surface area contributed by atoms with Crippen LogP contribution in [-0.2, 0) is 4.79 Å². The van der Waals surface area contributed by atoms with Gasteiger partial charge in [-0.2, -0.15) is 4.98 Å². The molecule has 1 aromatic rings. The summed E-state index contributed by atoms with van der Waals surface area (Å²) >= 11 is 5.26. The lowest BCUT2D eigenvalue weighted by Crippen LogP contribution is -2.15. The molecule has 0 spiro atoms. The molecule has 0 bridgehead atoms. The van der Waals surface area contributed by atoms with Gasteiger partial charge in [-0.3, -0.25) is 10.1 Å². The number of rotatable bonds is 2. The summed E-state index contributed by atoms with van der Waals surface area (Å²) in [4.78, 5) is 22.1. The van der Waals surface area contributed by atoms with Crippen LogP contribution in [-0.4, -0.2) is 26.7 Å². The SMILES string of the molecule is Cc1ncnc(NC(=O)CCl)n1. The van der Waals surface area contributed by atoms with Gasteiger partial charge in [0.15, 0.2) is 0 Å². The first-order valence-corrected chi connectivity index (χ1v) is 3.77. The quantitative estimate of drug-likeness (QED) is 0.678. The number of nitrogens with one attached hydrogen (secondary N) is 1. The molecular formula is C6H7ClN4O. The molecule has 0 aliphatic heterocycles. The van der Waals surface area contributed by atoms with Crippen LogP contribution in [0.4, 0.5) is 5.95 Å². The van der Waals surface area contributed by atoms with Gasteiger partial charge in [0.1, 0.15) is 18.0 Å².